The van der Waals surface area contributed by atoms with Gasteiger partial charge in [0.15, 0.2) is 0 Å². The normalized spacial score (nSPS) is 14.0. The number of rotatable bonds is 2. The van der Waals surface area contributed by atoms with Gasteiger partial charge >= 0.3 is 6.03 Å². The molecule has 1 aromatic heterocycles. The van der Waals surface area contributed by atoms with E-state index in [1.165, 1.54) is 5.69 Å². The van der Waals surface area contributed by atoms with Crippen LogP contribution in [0.3, 0.4) is 0 Å². The highest BCUT2D eigenvalue weighted by atomic mass is 16.2. The van der Waals surface area contributed by atoms with Crippen molar-refractivity contribution in [3.8, 4) is 0 Å². The molecule has 0 fully saturated rings. The van der Waals surface area contributed by atoms with E-state index in [0.29, 0.717) is 24.7 Å². The summed E-state index contributed by atoms with van der Waals surface area (Å²) in [6, 6.07) is 8.04. The Morgan fingerprint density at radius 3 is 2.58 bits per heavy atom. The van der Waals surface area contributed by atoms with E-state index in [0.717, 1.165) is 12.1 Å². The molecule has 1 aromatic carbocycles. The van der Waals surface area contributed by atoms with Crippen molar-refractivity contribution in [1.82, 2.24) is 14.9 Å². The molecule has 1 aliphatic rings. The molecule has 1 N–H and O–H groups in total. The third-order valence-corrected chi connectivity index (χ3v) is 4.05. The van der Waals surface area contributed by atoms with E-state index in [2.05, 4.69) is 32.3 Å². The minimum absolute atomic E-state index is 0.138. The molecule has 0 bridgehead atoms. The van der Waals surface area contributed by atoms with Crippen LogP contribution in [0, 0.1) is 0 Å². The summed E-state index contributed by atoms with van der Waals surface area (Å²) in [7, 11) is 5.80. The first-order valence-corrected chi connectivity index (χ1v) is 7.89. The van der Waals surface area contributed by atoms with Gasteiger partial charge in [-0.1, -0.05) is 18.2 Å². The summed E-state index contributed by atoms with van der Waals surface area (Å²) >= 11 is 0. The molecule has 3 rings (SSSR count). The minimum Gasteiger partial charge on any atom is -0.373 e. The fourth-order valence-corrected chi connectivity index (χ4v) is 2.69. The maximum absolute atomic E-state index is 12.6. The second-order valence-corrected chi connectivity index (χ2v) is 6.07. The maximum atomic E-state index is 12.6. The van der Waals surface area contributed by atoms with E-state index in [4.69, 9.17) is 0 Å². The van der Waals surface area contributed by atoms with Gasteiger partial charge in [-0.15, -0.1) is 0 Å². The van der Waals surface area contributed by atoms with E-state index in [9.17, 15) is 4.79 Å². The Morgan fingerprint density at radius 2 is 1.88 bits per heavy atom. The summed E-state index contributed by atoms with van der Waals surface area (Å²) in [6.07, 6.45) is 3.25. The van der Waals surface area contributed by atoms with Gasteiger partial charge in [0.05, 0.1) is 18.1 Å². The fourth-order valence-electron chi connectivity index (χ4n) is 2.69. The van der Waals surface area contributed by atoms with Gasteiger partial charge in [-0.3, -0.25) is 0 Å². The van der Waals surface area contributed by atoms with Gasteiger partial charge in [0.2, 0.25) is 5.95 Å². The number of carbonyl (C=O) groups excluding carboxylic acids is 1. The number of amides is 2. The van der Waals surface area contributed by atoms with Crippen molar-refractivity contribution in [3.05, 3.63) is 42.2 Å². The molecular formula is C17H22N6O. The molecule has 0 atom stereocenters. The average molecular weight is 326 g/mol. The van der Waals surface area contributed by atoms with Crippen molar-refractivity contribution >= 4 is 23.4 Å². The van der Waals surface area contributed by atoms with Gasteiger partial charge in [-0.2, -0.15) is 0 Å². The van der Waals surface area contributed by atoms with Crippen LogP contribution in [0.5, 0.6) is 0 Å². The van der Waals surface area contributed by atoms with Crippen LogP contribution >= 0.6 is 0 Å². The smallest absolute Gasteiger partial charge is 0.322 e. The lowest BCUT2D eigenvalue weighted by Crippen LogP contribution is -2.37. The maximum Gasteiger partial charge on any atom is 0.322 e. The van der Waals surface area contributed by atoms with Crippen LogP contribution in [0.1, 0.15) is 5.56 Å². The van der Waals surface area contributed by atoms with Crippen LogP contribution in [0.2, 0.25) is 0 Å². The summed E-state index contributed by atoms with van der Waals surface area (Å²) in [6.45, 7) is 2.04. The molecule has 24 heavy (non-hydrogen) atoms. The van der Waals surface area contributed by atoms with Crippen molar-refractivity contribution in [2.45, 2.75) is 6.54 Å². The molecule has 2 heterocycles. The zero-order valence-electron chi connectivity index (χ0n) is 14.2. The predicted octanol–water partition coefficient (Wildman–Crippen LogP) is 2.03. The second-order valence-electron chi connectivity index (χ2n) is 6.07. The quantitative estimate of drug-likeness (QED) is 0.915. The van der Waals surface area contributed by atoms with Crippen LogP contribution in [-0.2, 0) is 6.54 Å². The lowest BCUT2D eigenvalue weighted by molar-refractivity contribution is 0.212. The Labute approximate surface area is 141 Å². The first-order valence-electron chi connectivity index (χ1n) is 7.89. The Kier molecular flexibility index (Phi) is 4.50. The van der Waals surface area contributed by atoms with E-state index in [1.54, 1.807) is 12.4 Å². The van der Waals surface area contributed by atoms with Crippen molar-refractivity contribution in [1.29, 1.82) is 0 Å². The molecule has 126 valence electrons. The number of benzene rings is 1. The molecule has 0 spiro atoms. The van der Waals surface area contributed by atoms with Crippen LogP contribution in [0.4, 0.5) is 22.1 Å². The summed E-state index contributed by atoms with van der Waals surface area (Å²) in [5, 5.41) is 2.88. The van der Waals surface area contributed by atoms with Crippen molar-refractivity contribution in [2.75, 3.05) is 49.3 Å². The number of carbonyl (C=O) groups is 1. The zero-order valence-corrected chi connectivity index (χ0v) is 14.2. The highest BCUT2D eigenvalue weighted by Gasteiger charge is 2.21. The number of aromatic nitrogens is 2. The largest absolute Gasteiger partial charge is 0.373 e. The van der Waals surface area contributed by atoms with Crippen LogP contribution in [-0.4, -0.2) is 55.1 Å². The van der Waals surface area contributed by atoms with Gasteiger partial charge in [0.1, 0.15) is 0 Å². The standard InChI is InChI=1S/C17H22N6O/c1-21(2)16-18-10-14(11-19-16)20-17(24)23-9-8-22(3)15-7-5-4-6-13(15)12-23/h4-7,10-11H,8-9,12H2,1-3H3,(H,20,24). The third-order valence-electron chi connectivity index (χ3n) is 4.05. The number of anilines is 3. The van der Waals surface area contributed by atoms with Gasteiger partial charge in [-0.25, -0.2) is 14.8 Å². The Morgan fingerprint density at radius 1 is 1.17 bits per heavy atom. The highest BCUT2D eigenvalue weighted by Crippen LogP contribution is 2.24. The number of hydrogen-bond donors (Lipinski definition) is 1. The monoisotopic (exact) mass is 326 g/mol. The van der Waals surface area contributed by atoms with Gasteiger partial charge in [0, 0.05) is 46.5 Å². The molecule has 7 heteroatoms. The first kappa shape index (κ1) is 16.0. The molecule has 0 saturated carbocycles. The topological polar surface area (TPSA) is 64.6 Å². The first-order chi connectivity index (χ1) is 11.5. The summed E-state index contributed by atoms with van der Waals surface area (Å²) in [4.78, 5) is 26.8. The number of nitrogens with zero attached hydrogens (tertiary/aromatic N) is 5. The molecule has 0 radical (unpaired) electrons. The van der Waals surface area contributed by atoms with Crippen LogP contribution in [0.15, 0.2) is 36.7 Å². The highest BCUT2D eigenvalue weighted by molar-refractivity contribution is 5.89. The Bertz CT molecular complexity index is 715. The van der Waals surface area contributed by atoms with Crippen molar-refractivity contribution < 1.29 is 4.79 Å². The SMILES string of the molecule is CN(C)c1ncc(NC(=O)N2CCN(C)c3ccccc3C2)cn1. The third kappa shape index (κ3) is 3.40. The van der Waals surface area contributed by atoms with Gasteiger partial charge in [-0.05, 0) is 11.6 Å². The molecule has 0 aliphatic carbocycles. The number of hydrogen-bond acceptors (Lipinski definition) is 5. The lowest BCUT2D eigenvalue weighted by Gasteiger charge is -2.21. The van der Waals surface area contributed by atoms with Crippen molar-refractivity contribution in [2.24, 2.45) is 0 Å². The zero-order chi connectivity index (χ0) is 17.1. The number of para-hydroxylation sites is 1. The Balaban J connectivity index is 1.71. The Hall–Kier alpha value is -2.83. The van der Waals surface area contributed by atoms with E-state index in [1.807, 2.05) is 43.1 Å². The number of likely N-dealkylation sites (N-methyl/N-ethyl adjacent to an activating group) is 1. The molecular weight excluding hydrogens is 304 g/mol. The average Bonchev–Trinajstić information content (AvgIpc) is 2.75. The second kappa shape index (κ2) is 6.74. The molecule has 2 amide bonds. The summed E-state index contributed by atoms with van der Waals surface area (Å²) in [5.74, 6) is 0.610. The fraction of sp³-hybridized carbons (Fsp3) is 0.353. The minimum atomic E-state index is -0.138. The molecule has 1 aliphatic heterocycles. The van der Waals surface area contributed by atoms with Gasteiger partial charge in [0.25, 0.3) is 0 Å². The van der Waals surface area contributed by atoms with E-state index < -0.39 is 0 Å². The van der Waals surface area contributed by atoms with Gasteiger partial charge < -0.3 is 20.0 Å². The number of nitrogens with one attached hydrogen (secondary N) is 1. The number of urea groups is 1. The summed E-state index contributed by atoms with van der Waals surface area (Å²) < 4.78 is 0. The predicted molar refractivity (Wildman–Crippen MR) is 95.5 cm³/mol. The van der Waals surface area contributed by atoms with Crippen LogP contribution in [0.25, 0.3) is 0 Å². The molecule has 0 saturated heterocycles. The van der Waals surface area contributed by atoms with Crippen LogP contribution < -0.4 is 15.1 Å². The van der Waals surface area contributed by atoms with Crippen molar-refractivity contribution in [3.63, 3.8) is 0 Å². The van der Waals surface area contributed by atoms with E-state index in [-0.39, 0.29) is 6.03 Å². The molecule has 2 aromatic rings. The van der Waals surface area contributed by atoms with E-state index >= 15 is 0 Å². The molecule has 7 nitrogen and oxygen atoms in total. The molecule has 0 unspecified atom stereocenters. The number of fused-ring (bicyclic) bond motifs is 1. The lowest BCUT2D eigenvalue weighted by atomic mass is 10.1. The summed E-state index contributed by atoms with van der Waals surface area (Å²) in [5.41, 5.74) is 2.91.